The second kappa shape index (κ2) is 7.33. The molecule has 0 fully saturated rings. The molecule has 0 saturated carbocycles. The Morgan fingerprint density at radius 1 is 0.800 bits per heavy atom. The summed E-state index contributed by atoms with van der Waals surface area (Å²) < 4.78 is 5.55. The smallest absolute Gasteiger partial charge is 0.150 e. The van der Waals surface area contributed by atoms with Crippen molar-refractivity contribution >= 4 is 36.9 Å². The summed E-state index contributed by atoms with van der Waals surface area (Å²) in [5.74, 6) is 0. The average Bonchev–Trinajstić information content (AvgIpc) is 1.98. The van der Waals surface area contributed by atoms with Gasteiger partial charge in [-0.25, -0.2) is 0 Å². The summed E-state index contributed by atoms with van der Waals surface area (Å²) in [5.41, 5.74) is 0. The lowest BCUT2D eigenvalue weighted by atomic mass is 10.5. The second-order valence-electron chi connectivity index (χ2n) is 5.26. The molecule has 0 unspecified atom stereocenters. The largest absolute Gasteiger partial charge is 0.381 e. The predicted molar refractivity (Wildman–Crippen MR) is 76.3 cm³/mol. The third kappa shape index (κ3) is 15.0. The molecular formula is C10H24Cl2OSi2. The Morgan fingerprint density at radius 2 is 1.13 bits per heavy atom. The van der Waals surface area contributed by atoms with Gasteiger partial charge in [0.2, 0.25) is 0 Å². The minimum absolute atomic E-state index is 0.855. The van der Waals surface area contributed by atoms with Gasteiger partial charge in [0, 0.05) is 13.2 Å². The SMILES string of the molecule is C[Si](C)(Cl)CCCOCCC[Si](C)(C)Cl. The Balaban J connectivity index is 3.20. The first kappa shape index (κ1) is 16.0. The molecule has 0 saturated heterocycles. The number of hydrogen-bond donors (Lipinski definition) is 0. The molecule has 15 heavy (non-hydrogen) atoms. The highest BCUT2D eigenvalue weighted by Gasteiger charge is 2.16. The predicted octanol–water partition coefficient (Wildman–Crippen LogP) is 4.67. The van der Waals surface area contributed by atoms with Gasteiger partial charge in [0.15, 0.2) is 14.8 Å². The molecule has 0 aromatic carbocycles. The molecule has 0 heterocycles. The third-order valence-electron chi connectivity index (χ3n) is 2.12. The van der Waals surface area contributed by atoms with E-state index in [-0.39, 0.29) is 0 Å². The molecule has 0 aromatic heterocycles. The number of rotatable bonds is 8. The van der Waals surface area contributed by atoms with E-state index in [4.69, 9.17) is 26.9 Å². The van der Waals surface area contributed by atoms with E-state index >= 15 is 0 Å². The summed E-state index contributed by atoms with van der Waals surface area (Å²) in [6.45, 7) is 10.4. The zero-order valence-electron chi connectivity index (χ0n) is 10.4. The van der Waals surface area contributed by atoms with Crippen LogP contribution in [0.5, 0.6) is 0 Å². The van der Waals surface area contributed by atoms with E-state index in [1.165, 1.54) is 0 Å². The second-order valence-corrected chi connectivity index (χ2v) is 19.3. The fourth-order valence-electron chi connectivity index (χ4n) is 1.29. The van der Waals surface area contributed by atoms with E-state index < -0.39 is 14.8 Å². The van der Waals surface area contributed by atoms with Crippen molar-refractivity contribution in [3.63, 3.8) is 0 Å². The van der Waals surface area contributed by atoms with Gasteiger partial charge in [-0.15, -0.1) is 0 Å². The summed E-state index contributed by atoms with van der Waals surface area (Å²) in [6.07, 6.45) is 2.20. The van der Waals surface area contributed by atoms with Crippen molar-refractivity contribution in [3.8, 4) is 0 Å². The van der Waals surface area contributed by atoms with Gasteiger partial charge in [0.05, 0.1) is 0 Å². The molecule has 0 aromatic rings. The maximum atomic E-state index is 6.20. The molecule has 1 nitrogen and oxygen atoms in total. The summed E-state index contributed by atoms with van der Waals surface area (Å²) >= 11 is 12.4. The van der Waals surface area contributed by atoms with Crippen LogP contribution in [0.25, 0.3) is 0 Å². The Hall–Kier alpha value is 0.974. The van der Waals surface area contributed by atoms with E-state index in [1.807, 2.05) is 0 Å². The van der Waals surface area contributed by atoms with Gasteiger partial charge < -0.3 is 4.74 Å². The zero-order valence-corrected chi connectivity index (χ0v) is 13.9. The molecule has 0 atom stereocenters. The standard InChI is InChI=1S/C10H24Cl2OSi2/c1-14(2,11)9-5-7-13-8-6-10-15(3,4)12/h5-10H2,1-4H3. The van der Waals surface area contributed by atoms with Gasteiger partial charge >= 0.3 is 0 Å². The van der Waals surface area contributed by atoms with Crippen molar-refractivity contribution in [1.29, 1.82) is 0 Å². The first-order chi connectivity index (χ1) is 6.71. The zero-order chi connectivity index (χ0) is 11.9. The summed E-state index contributed by atoms with van der Waals surface area (Å²) in [4.78, 5) is 0. The van der Waals surface area contributed by atoms with Gasteiger partial charge in [-0.3, -0.25) is 0 Å². The van der Waals surface area contributed by atoms with Crippen molar-refractivity contribution in [3.05, 3.63) is 0 Å². The molecule has 0 amide bonds. The molecule has 0 rings (SSSR count). The van der Waals surface area contributed by atoms with Crippen molar-refractivity contribution in [2.75, 3.05) is 13.2 Å². The molecule has 0 spiro atoms. The summed E-state index contributed by atoms with van der Waals surface area (Å²) in [5, 5.41) is 0. The van der Waals surface area contributed by atoms with Crippen LogP contribution in [-0.2, 0) is 4.74 Å². The van der Waals surface area contributed by atoms with E-state index in [0.29, 0.717) is 0 Å². The average molecular weight is 287 g/mol. The maximum Gasteiger partial charge on any atom is 0.150 e. The van der Waals surface area contributed by atoms with E-state index in [0.717, 1.165) is 38.1 Å². The molecule has 0 radical (unpaired) electrons. The van der Waals surface area contributed by atoms with Gasteiger partial charge in [-0.2, -0.15) is 22.2 Å². The fraction of sp³-hybridized carbons (Fsp3) is 1.00. The van der Waals surface area contributed by atoms with Crippen molar-refractivity contribution in [2.45, 2.75) is 51.1 Å². The first-order valence-corrected chi connectivity index (χ1v) is 14.1. The Morgan fingerprint density at radius 3 is 1.40 bits per heavy atom. The van der Waals surface area contributed by atoms with Gasteiger partial charge in [0.1, 0.15) is 0 Å². The van der Waals surface area contributed by atoms with E-state index in [9.17, 15) is 0 Å². The Bertz CT molecular complexity index is 146. The molecule has 0 aliphatic carbocycles. The molecule has 5 heteroatoms. The lowest BCUT2D eigenvalue weighted by molar-refractivity contribution is 0.135. The number of hydrogen-bond acceptors (Lipinski definition) is 1. The van der Waals surface area contributed by atoms with Crippen LogP contribution >= 0.6 is 22.2 Å². The lowest BCUT2D eigenvalue weighted by Gasteiger charge is -2.14. The van der Waals surface area contributed by atoms with Crippen LogP contribution in [0.1, 0.15) is 12.8 Å². The van der Waals surface area contributed by atoms with E-state index in [2.05, 4.69) is 26.2 Å². The number of halogens is 2. The molecular weight excluding hydrogens is 263 g/mol. The maximum absolute atomic E-state index is 6.20. The van der Waals surface area contributed by atoms with Crippen LogP contribution in [0.3, 0.4) is 0 Å². The van der Waals surface area contributed by atoms with Crippen LogP contribution in [0.2, 0.25) is 38.3 Å². The first-order valence-electron chi connectivity index (χ1n) is 5.66. The Kier molecular flexibility index (Phi) is 7.80. The highest BCUT2D eigenvalue weighted by atomic mass is 35.6. The third-order valence-corrected chi connectivity index (χ3v) is 6.34. The topological polar surface area (TPSA) is 9.23 Å². The van der Waals surface area contributed by atoms with Crippen LogP contribution in [0.4, 0.5) is 0 Å². The number of ether oxygens (including phenoxy) is 1. The molecule has 0 aliphatic heterocycles. The van der Waals surface area contributed by atoms with Crippen molar-refractivity contribution in [2.24, 2.45) is 0 Å². The quantitative estimate of drug-likeness (QED) is 0.358. The summed E-state index contributed by atoms with van der Waals surface area (Å²) in [6, 6.07) is 2.29. The van der Waals surface area contributed by atoms with E-state index in [1.54, 1.807) is 0 Å². The molecule has 0 aliphatic rings. The minimum atomic E-state index is -1.38. The fourth-order valence-corrected chi connectivity index (χ4v) is 4.06. The lowest BCUT2D eigenvalue weighted by Crippen LogP contribution is -2.17. The normalized spacial score (nSPS) is 13.2. The molecule has 92 valence electrons. The van der Waals surface area contributed by atoms with Crippen LogP contribution < -0.4 is 0 Å². The molecule has 0 bridgehead atoms. The Labute approximate surface area is 106 Å². The minimum Gasteiger partial charge on any atom is -0.381 e. The van der Waals surface area contributed by atoms with Crippen molar-refractivity contribution < 1.29 is 4.74 Å². The highest BCUT2D eigenvalue weighted by molar-refractivity contribution is 7.19. The van der Waals surface area contributed by atoms with Gasteiger partial charge in [-0.1, -0.05) is 26.2 Å². The van der Waals surface area contributed by atoms with Gasteiger partial charge in [0.25, 0.3) is 0 Å². The van der Waals surface area contributed by atoms with Crippen molar-refractivity contribution in [1.82, 2.24) is 0 Å². The van der Waals surface area contributed by atoms with Crippen LogP contribution in [-0.4, -0.2) is 28.0 Å². The highest BCUT2D eigenvalue weighted by Crippen LogP contribution is 2.17. The summed E-state index contributed by atoms with van der Waals surface area (Å²) in [7, 11) is -2.76. The van der Waals surface area contributed by atoms with Gasteiger partial charge in [-0.05, 0) is 24.9 Å². The monoisotopic (exact) mass is 286 g/mol. The van der Waals surface area contributed by atoms with Crippen LogP contribution in [0, 0.1) is 0 Å². The van der Waals surface area contributed by atoms with Crippen LogP contribution in [0.15, 0.2) is 0 Å². The molecule has 0 N–H and O–H groups in total.